The van der Waals surface area contributed by atoms with Gasteiger partial charge in [-0.15, -0.1) is 4.91 Å². The molecule has 1 rings (SSSR count). The van der Waals surface area contributed by atoms with E-state index in [1.165, 1.54) is 6.20 Å². The number of nitroso groups, excluding NO2 is 1. The molecule has 0 amide bonds. The fourth-order valence-electron chi connectivity index (χ4n) is 1.22. The summed E-state index contributed by atoms with van der Waals surface area (Å²) in [5, 5.41) is 3.25. The third kappa shape index (κ3) is 3.82. The maximum Gasteiger partial charge on any atom is 0.173 e. The molecule has 84 valence electrons. The Balaban J connectivity index is 2.67. The average molecular weight is 239 g/mol. The van der Waals surface area contributed by atoms with Gasteiger partial charge in [0.05, 0.1) is 0 Å². The van der Waals surface area contributed by atoms with Gasteiger partial charge in [0.15, 0.2) is 12.0 Å². The Kier molecular flexibility index (Phi) is 4.66. The summed E-state index contributed by atoms with van der Waals surface area (Å²) in [5.41, 5.74) is 0.899. The molecule has 0 aromatic heterocycles. The van der Waals surface area contributed by atoms with Crippen LogP contribution < -0.4 is 0 Å². The van der Waals surface area contributed by atoms with Crippen LogP contribution in [0.25, 0.3) is 0 Å². The van der Waals surface area contributed by atoms with Crippen LogP contribution in [0.4, 0.5) is 0 Å². The minimum absolute atomic E-state index is 0.128. The van der Waals surface area contributed by atoms with Crippen molar-refractivity contribution in [2.45, 2.75) is 6.54 Å². The molecule has 0 radical (unpaired) electrons. The lowest BCUT2D eigenvalue weighted by Gasteiger charge is -2.13. The minimum atomic E-state index is -0.128. The van der Waals surface area contributed by atoms with Gasteiger partial charge >= 0.3 is 0 Å². The standard InChI is InChI=1S/C11H11ClN2O2/c1-14(7-11(8-15)13-16)6-9-2-4-10(12)5-3-9/h2-5,7-8H,6H2,1H3/b11-7-. The molecule has 0 aliphatic rings. The molecule has 0 heterocycles. The van der Waals surface area contributed by atoms with Crippen molar-refractivity contribution >= 4 is 17.9 Å². The van der Waals surface area contributed by atoms with Gasteiger partial charge in [0.1, 0.15) is 0 Å². The van der Waals surface area contributed by atoms with Crippen molar-refractivity contribution in [3.8, 4) is 0 Å². The molecule has 0 saturated carbocycles. The largest absolute Gasteiger partial charge is 0.374 e. The van der Waals surface area contributed by atoms with Gasteiger partial charge in [-0.05, 0) is 22.9 Å². The van der Waals surface area contributed by atoms with Gasteiger partial charge in [-0.3, -0.25) is 4.79 Å². The summed E-state index contributed by atoms with van der Waals surface area (Å²) in [6, 6.07) is 7.32. The summed E-state index contributed by atoms with van der Waals surface area (Å²) >= 11 is 5.75. The fourth-order valence-corrected chi connectivity index (χ4v) is 1.35. The van der Waals surface area contributed by atoms with E-state index in [0.29, 0.717) is 17.9 Å². The first-order chi connectivity index (χ1) is 7.65. The number of hydrogen-bond acceptors (Lipinski definition) is 4. The number of nitrogens with zero attached hydrogens (tertiary/aromatic N) is 2. The molecule has 1 aromatic carbocycles. The molecule has 1 aromatic rings. The number of carbonyl (C=O) groups is 1. The molecule has 16 heavy (non-hydrogen) atoms. The highest BCUT2D eigenvalue weighted by Crippen LogP contribution is 2.11. The second kappa shape index (κ2) is 6.02. The number of allylic oxidation sites excluding steroid dienone is 1. The first-order valence-corrected chi connectivity index (χ1v) is 4.98. The first-order valence-electron chi connectivity index (χ1n) is 4.60. The van der Waals surface area contributed by atoms with Crippen molar-refractivity contribution in [1.82, 2.24) is 4.90 Å². The Morgan fingerprint density at radius 2 is 2.06 bits per heavy atom. The Hall–Kier alpha value is -1.68. The van der Waals surface area contributed by atoms with E-state index in [2.05, 4.69) is 5.18 Å². The zero-order chi connectivity index (χ0) is 12.0. The summed E-state index contributed by atoms with van der Waals surface area (Å²) in [5.74, 6) is 0. The van der Waals surface area contributed by atoms with Crippen molar-refractivity contribution in [1.29, 1.82) is 0 Å². The van der Waals surface area contributed by atoms with Crippen LogP contribution in [0, 0.1) is 4.91 Å². The molecule has 0 N–H and O–H groups in total. The topological polar surface area (TPSA) is 49.7 Å². The van der Waals surface area contributed by atoms with Crippen LogP contribution in [-0.4, -0.2) is 18.2 Å². The van der Waals surface area contributed by atoms with E-state index in [1.54, 1.807) is 24.1 Å². The van der Waals surface area contributed by atoms with Crippen molar-refractivity contribution < 1.29 is 4.79 Å². The van der Waals surface area contributed by atoms with Crippen LogP contribution in [0.1, 0.15) is 5.56 Å². The van der Waals surface area contributed by atoms with Gasteiger partial charge in [-0.25, -0.2) is 0 Å². The fraction of sp³-hybridized carbons (Fsp3) is 0.182. The van der Waals surface area contributed by atoms with Crippen LogP contribution in [0.3, 0.4) is 0 Å². The minimum Gasteiger partial charge on any atom is -0.374 e. The van der Waals surface area contributed by atoms with Crippen molar-refractivity contribution in [2.75, 3.05) is 7.05 Å². The summed E-state index contributed by atoms with van der Waals surface area (Å²) < 4.78 is 0. The number of benzene rings is 1. The lowest BCUT2D eigenvalue weighted by atomic mass is 10.2. The lowest BCUT2D eigenvalue weighted by Crippen LogP contribution is -2.11. The van der Waals surface area contributed by atoms with Crippen LogP contribution in [0.15, 0.2) is 41.3 Å². The number of carbonyl (C=O) groups excluding carboxylic acids is 1. The quantitative estimate of drug-likeness (QED) is 0.450. The smallest absolute Gasteiger partial charge is 0.173 e. The van der Waals surface area contributed by atoms with Gasteiger partial charge in [0.25, 0.3) is 0 Å². The highest BCUT2D eigenvalue weighted by atomic mass is 35.5. The Labute approximate surface area is 98.5 Å². The van der Waals surface area contributed by atoms with Gasteiger partial charge < -0.3 is 4.90 Å². The Morgan fingerprint density at radius 1 is 1.44 bits per heavy atom. The highest BCUT2D eigenvalue weighted by Gasteiger charge is 1.99. The number of aldehydes is 1. The average Bonchev–Trinajstić information content (AvgIpc) is 2.29. The van der Waals surface area contributed by atoms with E-state index in [1.807, 2.05) is 12.1 Å². The molecule has 0 fully saturated rings. The van der Waals surface area contributed by atoms with Crippen LogP contribution in [-0.2, 0) is 11.3 Å². The second-order valence-corrected chi connectivity index (χ2v) is 3.74. The van der Waals surface area contributed by atoms with E-state index in [9.17, 15) is 9.70 Å². The Morgan fingerprint density at radius 3 is 2.56 bits per heavy atom. The lowest BCUT2D eigenvalue weighted by molar-refractivity contribution is -0.105. The molecule has 5 heteroatoms. The number of rotatable bonds is 5. The van der Waals surface area contributed by atoms with Crippen LogP contribution in [0.2, 0.25) is 5.02 Å². The molecule has 0 saturated heterocycles. The zero-order valence-electron chi connectivity index (χ0n) is 8.76. The van der Waals surface area contributed by atoms with E-state index >= 15 is 0 Å². The van der Waals surface area contributed by atoms with E-state index < -0.39 is 0 Å². The summed E-state index contributed by atoms with van der Waals surface area (Å²) in [7, 11) is 1.75. The Bertz CT molecular complexity index is 391. The summed E-state index contributed by atoms with van der Waals surface area (Å²) in [4.78, 5) is 22.2. The molecule has 0 atom stereocenters. The molecular formula is C11H11ClN2O2. The molecule has 0 unspecified atom stereocenters. The maximum atomic E-state index is 10.4. The van der Waals surface area contributed by atoms with Crippen LogP contribution >= 0.6 is 11.6 Å². The summed E-state index contributed by atoms with van der Waals surface area (Å²) in [6.45, 7) is 0.573. The van der Waals surface area contributed by atoms with Crippen molar-refractivity contribution in [2.24, 2.45) is 5.18 Å². The van der Waals surface area contributed by atoms with Crippen molar-refractivity contribution in [3.63, 3.8) is 0 Å². The van der Waals surface area contributed by atoms with Crippen LogP contribution in [0.5, 0.6) is 0 Å². The number of halogens is 1. The molecule has 0 bridgehead atoms. The predicted molar refractivity (Wildman–Crippen MR) is 62.9 cm³/mol. The maximum absolute atomic E-state index is 10.4. The van der Waals surface area contributed by atoms with Crippen molar-refractivity contribution in [3.05, 3.63) is 51.7 Å². The zero-order valence-corrected chi connectivity index (χ0v) is 9.52. The van der Waals surface area contributed by atoms with E-state index in [-0.39, 0.29) is 5.70 Å². The van der Waals surface area contributed by atoms with Gasteiger partial charge in [-0.1, -0.05) is 23.7 Å². The normalized spacial score (nSPS) is 11.0. The third-order valence-corrected chi connectivity index (χ3v) is 2.18. The molecule has 0 spiro atoms. The van der Waals surface area contributed by atoms with E-state index in [4.69, 9.17) is 11.6 Å². The molecule has 4 nitrogen and oxygen atoms in total. The summed E-state index contributed by atoms with van der Waals surface area (Å²) in [6.07, 6.45) is 1.82. The first kappa shape index (κ1) is 12.4. The third-order valence-electron chi connectivity index (χ3n) is 1.92. The van der Waals surface area contributed by atoms with Gasteiger partial charge in [0, 0.05) is 24.8 Å². The second-order valence-electron chi connectivity index (χ2n) is 3.30. The van der Waals surface area contributed by atoms with E-state index in [0.717, 1.165) is 5.56 Å². The number of hydrogen-bond donors (Lipinski definition) is 0. The predicted octanol–water partition coefficient (Wildman–Crippen LogP) is 2.58. The van der Waals surface area contributed by atoms with Gasteiger partial charge in [0.2, 0.25) is 0 Å². The molecule has 0 aliphatic heterocycles. The highest BCUT2D eigenvalue weighted by molar-refractivity contribution is 6.30. The SMILES string of the molecule is CN(/C=C(/C=O)N=O)Cc1ccc(Cl)cc1. The monoisotopic (exact) mass is 238 g/mol. The molecular weight excluding hydrogens is 228 g/mol. The van der Waals surface area contributed by atoms with Gasteiger partial charge in [-0.2, -0.15) is 0 Å². The molecule has 0 aliphatic carbocycles.